The van der Waals surface area contributed by atoms with E-state index in [2.05, 4.69) is 20.6 Å². The van der Waals surface area contributed by atoms with Gasteiger partial charge in [0.05, 0.1) is 11.8 Å². The van der Waals surface area contributed by atoms with Crippen molar-refractivity contribution in [1.82, 2.24) is 30.2 Å². The maximum atomic E-state index is 13.9. The van der Waals surface area contributed by atoms with Gasteiger partial charge in [0, 0.05) is 37.0 Å². The molecule has 1 unspecified atom stereocenters. The third-order valence-corrected chi connectivity index (χ3v) is 8.44. The van der Waals surface area contributed by atoms with Gasteiger partial charge in [-0.3, -0.25) is 9.59 Å². The number of fused-ring (bicyclic) bond motifs is 1. The molecule has 6 rings (SSSR count). The molecule has 2 amide bonds. The van der Waals surface area contributed by atoms with Gasteiger partial charge < -0.3 is 19.7 Å². The van der Waals surface area contributed by atoms with Gasteiger partial charge in [-0.1, -0.05) is 38.1 Å². The number of amides is 2. The van der Waals surface area contributed by atoms with Gasteiger partial charge in [0.2, 0.25) is 11.8 Å². The SMILES string of the molecule is CC(C)(C)C(C(=O)N1C[C@H](O)C[C@H]1C(=O)NC1CCC(c2nc3ccccc3o2)CC1)n1cc(C2CC2)nn1. The lowest BCUT2D eigenvalue weighted by Crippen LogP contribution is -2.52. The molecule has 3 atom stereocenters. The summed E-state index contributed by atoms with van der Waals surface area (Å²) in [5.74, 6) is 1.02. The summed E-state index contributed by atoms with van der Waals surface area (Å²) in [6.45, 7) is 6.11. The van der Waals surface area contributed by atoms with Crippen LogP contribution < -0.4 is 5.32 Å². The molecule has 2 N–H and O–H groups in total. The van der Waals surface area contributed by atoms with Crippen molar-refractivity contribution in [1.29, 1.82) is 0 Å². The molecule has 2 aromatic heterocycles. The Balaban J connectivity index is 1.11. The molecule has 3 aromatic rings. The number of nitrogens with one attached hydrogen (secondary N) is 1. The second-order valence-corrected chi connectivity index (χ2v) is 12.6. The van der Waals surface area contributed by atoms with E-state index in [1.54, 1.807) is 9.58 Å². The molecule has 3 heterocycles. The molecule has 2 saturated carbocycles. The third kappa shape index (κ3) is 5.31. The van der Waals surface area contributed by atoms with Crippen molar-refractivity contribution in [3.8, 4) is 0 Å². The zero-order valence-electron chi connectivity index (χ0n) is 22.9. The summed E-state index contributed by atoms with van der Waals surface area (Å²) in [5, 5.41) is 22.3. The fourth-order valence-corrected chi connectivity index (χ4v) is 6.17. The molecule has 0 radical (unpaired) electrons. The number of oxazole rings is 1. The number of nitrogens with zero attached hydrogens (tertiary/aromatic N) is 5. The quantitative estimate of drug-likeness (QED) is 0.494. The zero-order valence-corrected chi connectivity index (χ0v) is 22.9. The summed E-state index contributed by atoms with van der Waals surface area (Å²) in [7, 11) is 0. The molecule has 0 bridgehead atoms. The predicted octanol–water partition coefficient (Wildman–Crippen LogP) is 3.69. The number of aromatic nitrogens is 4. The maximum absolute atomic E-state index is 13.9. The van der Waals surface area contributed by atoms with Crippen LogP contribution in [0.3, 0.4) is 0 Å². The van der Waals surface area contributed by atoms with Crippen molar-refractivity contribution >= 4 is 22.9 Å². The van der Waals surface area contributed by atoms with E-state index in [1.165, 1.54) is 0 Å². The van der Waals surface area contributed by atoms with Crippen molar-refractivity contribution in [2.75, 3.05) is 6.54 Å². The van der Waals surface area contributed by atoms with Gasteiger partial charge in [-0.05, 0) is 56.1 Å². The number of para-hydroxylation sites is 2. The number of carbonyl (C=O) groups excluding carboxylic acids is 2. The number of hydrogen-bond acceptors (Lipinski definition) is 7. The van der Waals surface area contributed by atoms with Crippen molar-refractivity contribution in [2.24, 2.45) is 5.41 Å². The Morgan fingerprint density at radius 3 is 2.49 bits per heavy atom. The summed E-state index contributed by atoms with van der Waals surface area (Å²) >= 11 is 0. The molecule has 10 nitrogen and oxygen atoms in total. The molecule has 1 aromatic carbocycles. The van der Waals surface area contributed by atoms with Crippen molar-refractivity contribution in [3.63, 3.8) is 0 Å². The Bertz CT molecular complexity index is 1310. The number of rotatable bonds is 6. The van der Waals surface area contributed by atoms with E-state index >= 15 is 0 Å². The molecule has 0 spiro atoms. The predicted molar refractivity (Wildman–Crippen MR) is 144 cm³/mol. The van der Waals surface area contributed by atoms with Gasteiger partial charge in [0.25, 0.3) is 0 Å². The van der Waals surface area contributed by atoms with Crippen molar-refractivity contribution in [2.45, 2.75) is 102 Å². The highest BCUT2D eigenvalue weighted by Crippen LogP contribution is 2.40. The minimum absolute atomic E-state index is 0.0163. The van der Waals surface area contributed by atoms with Gasteiger partial charge in [-0.25, -0.2) is 9.67 Å². The fourth-order valence-electron chi connectivity index (χ4n) is 6.17. The van der Waals surface area contributed by atoms with Crippen LogP contribution in [0, 0.1) is 5.41 Å². The van der Waals surface area contributed by atoms with Crippen LogP contribution in [-0.2, 0) is 9.59 Å². The Labute approximate surface area is 228 Å². The van der Waals surface area contributed by atoms with E-state index in [4.69, 9.17) is 4.42 Å². The van der Waals surface area contributed by atoms with Crippen LogP contribution in [0.25, 0.3) is 11.1 Å². The molecule has 3 fully saturated rings. The van der Waals surface area contributed by atoms with Crippen LogP contribution >= 0.6 is 0 Å². The van der Waals surface area contributed by atoms with Crippen molar-refractivity contribution in [3.05, 3.63) is 42.0 Å². The normalized spacial score (nSPS) is 26.6. The first-order chi connectivity index (χ1) is 18.7. The van der Waals surface area contributed by atoms with Gasteiger partial charge >= 0.3 is 0 Å². The number of hydrogen-bond donors (Lipinski definition) is 2. The van der Waals surface area contributed by atoms with Crippen LogP contribution in [0.4, 0.5) is 0 Å². The van der Waals surface area contributed by atoms with Crippen LogP contribution in [0.2, 0.25) is 0 Å². The van der Waals surface area contributed by atoms with E-state index in [-0.39, 0.29) is 36.7 Å². The highest BCUT2D eigenvalue weighted by molar-refractivity contribution is 5.90. The summed E-state index contributed by atoms with van der Waals surface area (Å²) in [5.41, 5.74) is 2.14. The highest BCUT2D eigenvalue weighted by Gasteiger charge is 2.46. The molecule has 1 saturated heterocycles. The van der Waals surface area contributed by atoms with E-state index in [0.717, 1.165) is 61.2 Å². The first-order valence-corrected chi connectivity index (χ1v) is 14.2. The highest BCUT2D eigenvalue weighted by atomic mass is 16.3. The smallest absolute Gasteiger partial charge is 0.248 e. The standard InChI is InChI=1S/C29H38N6O4/c1-29(2,3)25(35-16-22(32-33-35)17-8-9-17)28(38)34-15-20(36)14-23(34)26(37)30-19-12-10-18(11-13-19)27-31-21-6-4-5-7-24(21)39-27/h4-7,16-20,23,25,36H,8-15H2,1-3H3,(H,30,37)/t18?,19?,20-,23+,25?/m1/s1. The molecule has 39 heavy (non-hydrogen) atoms. The minimum atomic E-state index is -0.738. The number of carbonyl (C=O) groups is 2. The monoisotopic (exact) mass is 534 g/mol. The minimum Gasteiger partial charge on any atom is -0.440 e. The number of aliphatic hydroxyl groups is 1. The van der Waals surface area contributed by atoms with Crippen molar-refractivity contribution < 1.29 is 19.1 Å². The Morgan fingerprint density at radius 1 is 1.08 bits per heavy atom. The first-order valence-electron chi connectivity index (χ1n) is 14.2. The summed E-state index contributed by atoms with van der Waals surface area (Å²) in [6, 6.07) is 6.47. The Hall–Kier alpha value is -3.27. The van der Waals surface area contributed by atoms with E-state index < -0.39 is 23.6 Å². The molecule has 2 aliphatic carbocycles. The first kappa shape index (κ1) is 26.0. The topological polar surface area (TPSA) is 126 Å². The lowest BCUT2D eigenvalue weighted by molar-refractivity contribution is -0.144. The third-order valence-electron chi connectivity index (χ3n) is 8.44. The van der Waals surface area contributed by atoms with Crippen LogP contribution in [0.1, 0.15) is 95.2 Å². The average molecular weight is 535 g/mol. The van der Waals surface area contributed by atoms with Crippen LogP contribution in [-0.4, -0.2) is 66.5 Å². The second kappa shape index (κ2) is 10.0. The molecule has 10 heteroatoms. The fraction of sp³-hybridized carbons (Fsp3) is 0.621. The lowest BCUT2D eigenvalue weighted by atomic mass is 9.85. The number of aliphatic hydroxyl groups excluding tert-OH is 1. The van der Waals surface area contributed by atoms with E-state index in [0.29, 0.717) is 5.92 Å². The zero-order chi connectivity index (χ0) is 27.3. The van der Waals surface area contributed by atoms with Crippen LogP contribution in [0.5, 0.6) is 0 Å². The molecule has 3 aliphatic rings. The average Bonchev–Trinajstić information content (AvgIpc) is 3.29. The van der Waals surface area contributed by atoms with Gasteiger partial charge in [0.1, 0.15) is 17.6 Å². The van der Waals surface area contributed by atoms with Gasteiger partial charge in [0.15, 0.2) is 11.5 Å². The van der Waals surface area contributed by atoms with Crippen LogP contribution in [0.15, 0.2) is 34.9 Å². The van der Waals surface area contributed by atoms with Gasteiger partial charge in [-0.2, -0.15) is 0 Å². The summed E-state index contributed by atoms with van der Waals surface area (Å²) < 4.78 is 7.64. The summed E-state index contributed by atoms with van der Waals surface area (Å²) in [4.78, 5) is 33.6. The second-order valence-electron chi connectivity index (χ2n) is 12.6. The maximum Gasteiger partial charge on any atom is 0.248 e. The Kier molecular flexibility index (Phi) is 6.69. The molecular formula is C29H38N6O4. The van der Waals surface area contributed by atoms with E-state index in [9.17, 15) is 14.7 Å². The lowest BCUT2D eigenvalue weighted by Gasteiger charge is -2.35. The summed E-state index contributed by atoms with van der Waals surface area (Å²) in [6.07, 6.45) is 6.94. The Morgan fingerprint density at radius 2 is 1.79 bits per heavy atom. The number of likely N-dealkylation sites (tertiary alicyclic amines) is 1. The number of benzene rings is 1. The molecule has 208 valence electrons. The largest absolute Gasteiger partial charge is 0.440 e. The van der Waals surface area contributed by atoms with E-state index in [1.807, 2.05) is 51.2 Å². The number of β-amino-alcohol motifs (C(OH)–C–C–N with tert-alkyl or cyclic N) is 1. The molecular weight excluding hydrogens is 496 g/mol. The van der Waals surface area contributed by atoms with Gasteiger partial charge in [-0.15, -0.1) is 5.10 Å². The molecule has 1 aliphatic heterocycles.